The van der Waals surface area contributed by atoms with Crippen molar-refractivity contribution in [1.82, 2.24) is 15.2 Å². The van der Waals surface area contributed by atoms with E-state index in [4.69, 9.17) is 0 Å². The molecule has 2 aromatic carbocycles. The van der Waals surface area contributed by atoms with Gasteiger partial charge in [0.1, 0.15) is 17.6 Å². The van der Waals surface area contributed by atoms with E-state index in [-0.39, 0.29) is 30.2 Å². The summed E-state index contributed by atoms with van der Waals surface area (Å²) in [6, 6.07) is 22.4. The van der Waals surface area contributed by atoms with Gasteiger partial charge in [0.25, 0.3) is 5.91 Å². The molecule has 0 saturated heterocycles. The molecule has 37 heavy (non-hydrogen) atoms. The molecule has 5 nitrogen and oxygen atoms in total. The van der Waals surface area contributed by atoms with Crippen LogP contribution in [0.25, 0.3) is 11.3 Å². The maximum absolute atomic E-state index is 14.0. The molecular weight excluding hydrogens is 485 g/mol. The van der Waals surface area contributed by atoms with Gasteiger partial charge in [-0.15, -0.1) is 11.3 Å². The quantitative estimate of drug-likeness (QED) is 0.274. The predicted molar refractivity (Wildman–Crippen MR) is 145 cm³/mol. The van der Waals surface area contributed by atoms with Gasteiger partial charge in [-0.3, -0.25) is 9.59 Å². The number of aromatic nitrogens is 1. The molecule has 2 amide bonds. The second kappa shape index (κ2) is 11.6. The fraction of sp³-hybridized carbons (Fsp3) is 0.267. The summed E-state index contributed by atoms with van der Waals surface area (Å²) < 4.78 is 13.8. The Morgan fingerprint density at radius 2 is 1.70 bits per heavy atom. The Morgan fingerprint density at radius 3 is 2.41 bits per heavy atom. The number of hydrogen-bond acceptors (Lipinski definition) is 3. The van der Waals surface area contributed by atoms with Crippen LogP contribution in [0.1, 0.15) is 59.1 Å². The minimum absolute atomic E-state index is 0.0815. The third kappa shape index (κ3) is 6.00. The first kappa shape index (κ1) is 25.0. The first-order valence-electron chi connectivity index (χ1n) is 12.7. The van der Waals surface area contributed by atoms with E-state index in [0.29, 0.717) is 11.3 Å². The smallest absolute Gasteiger partial charge is 0.271 e. The Morgan fingerprint density at radius 1 is 0.946 bits per heavy atom. The molecule has 1 aliphatic rings. The Hall–Kier alpha value is -3.71. The summed E-state index contributed by atoms with van der Waals surface area (Å²) >= 11 is 1.53. The average Bonchev–Trinajstić information content (AvgIpc) is 3.63. The van der Waals surface area contributed by atoms with Crippen LogP contribution >= 0.6 is 11.3 Å². The Kier molecular flexibility index (Phi) is 7.80. The summed E-state index contributed by atoms with van der Waals surface area (Å²) in [6.07, 6.45) is 5.19. The maximum atomic E-state index is 14.0. The van der Waals surface area contributed by atoms with Gasteiger partial charge in [-0.2, -0.15) is 0 Å². The van der Waals surface area contributed by atoms with Gasteiger partial charge in [0.2, 0.25) is 5.91 Å². The highest BCUT2D eigenvalue weighted by Crippen LogP contribution is 2.29. The number of rotatable bonds is 8. The highest BCUT2D eigenvalue weighted by atomic mass is 32.1. The fourth-order valence-electron chi connectivity index (χ4n) is 4.96. The number of benzene rings is 2. The molecule has 7 heteroatoms. The van der Waals surface area contributed by atoms with Crippen molar-refractivity contribution in [3.05, 3.63) is 106 Å². The number of nitrogens with one attached hydrogen (secondary N) is 2. The number of carbonyl (C=O) groups excluding carboxylic acids is 2. The highest BCUT2D eigenvalue weighted by Gasteiger charge is 2.34. The molecule has 0 spiro atoms. The van der Waals surface area contributed by atoms with Gasteiger partial charge in [-0.1, -0.05) is 67.8 Å². The molecule has 0 radical (unpaired) electrons. The van der Waals surface area contributed by atoms with Crippen molar-refractivity contribution >= 4 is 23.2 Å². The zero-order chi connectivity index (χ0) is 25.6. The molecule has 1 saturated carbocycles. The zero-order valence-corrected chi connectivity index (χ0v) is 21.3. The van der Waals surface area contributed by atoms with Gasteiger partial charge in [0.15, 0.2) is 0 Å². The molecule has 2 N–H and O–H groups in total. The van der Waals surface area contributed by atoms with Crippen LogP contribution in [0.15, 0.2) is 84.2 Å². The van der Waals surface area contributed by atoms with Crippen molar-refractivity contribution in [3.8, 4) is 11.3 Å². The number of carbonyl (C=O) groups is 2. The summed E-state index contributed by atoms with van der Waals surface area (Å²) in [5.41, 5.74) is 2.77. The molecule has 1 unspecified atom stereocenters. The maximum Gasteiger partial charge on any atom is 0.271 e. The van der Waals surface area contributed by atoms with Gasteiger partial charge in [0.05, 0.1) is 6.54 Å². The van der Waals surface area contributed by atoms with E-state index in [1.54, 1.807) is 23.1 Å². The van der Waals surface area contributed by atoms with Crippen LogP contribution in [0.5, 0.6) is 0 Å². The number of aromatic amines is 1. The summed E-state index contributed by atoms with van der Waals surface area (Å²) in [6.45, 7) is 0.260. The summed E-state index contributed by atoms with van der Waals surface area (Å²) in [4.78, 5) is 33.7. The van der Waals surface area contributed by atoms with Crippen molar-refractivity contribution in [1.29, 1.82) is 0 Å². The number of thiophene rings is 1. The van der Waals surface area contributed by atoms with Crippen molar-refractivity contribution in [2.75, 3.05) is 0 Å². The molecule has 4 aromatic rings. The lowest BCUT2D eigenvalue weighted by atomic mass is 9.94. The SMILES string of the molecule is O=C(NC1CCCCC1)C(c1ccc(F)cc1)N(Cc1cccs1)C(=O)c1ccc(-c2ccccc2)[nH]1. The van der Waals surface area contributed by atoms with Crippen molar-refractivity contribution in [3.63, 3.8) is 0 Å². The predicted octanol–water partition coefficient (Wildman–Crippen LogP) is 6.71. The van der Waals surface area contributed by atoms with Crippen molar-refractivity contribution in [2.24, 2.45) is 0 Å². The second-order valence-corrected chi connectivity index (χ2v) is 10.5. The first-order chi connectivity index (χ1) is 18.1. The molecule has 0 bridgehead atoms. The van der Waals surface area contributed by atoms with E-state index in [1.165, 1.54) is 29.9 Å². The molecule has 190 valence electrons. The topological polar surface area (TPSA) is 65.2 Å². The Bertz CT molecular complexity index is 1310. The van der Waals surface area contributed by atoms with Crippen molar-refractivity contribution < 1.29 is 14.0 Å². The molecular formula is C30H30FN3O2S. The van der Waals surface area contributed by atoms with E-state index < -0.39 is 6.04 Å². The summed E-state index contributed by atoms with van der Waals surface area (Å²) in [7, 11) is 0. The molecule has 1 atom stereocenters. The van der Waals surface area contributed by atoms with Crippen LogP contribution in [0.2, 0.25) is 0 Å². The lowest BCUT2D eigenvalue weighted by molar-refractivity contribution is -0.127. The monoisotopic (exact) mass is 515 g/mol. The summed E-state index contributed by atoms with van der Waals surface area (Å²) in [5.74, 6) is -0.912. The van der Waals surface area contributed by atoms with Crippen LogP contribution in [0.3, 0.4) is 0 Å². The standard InChI is InChI=1S/C30H30FN3O2S/c31-23-15-13-22(14-16-23)28(29(35)32-24-10-5-2-6-11-24)34(20-25-12-7-19-37-25)30(36)27-18-17-26(33-27)21-8-3-1-4-9-21/h1,3-4,7-9,12-19,24,28,33H,2,5-6,10-11,20H2,(H,32,35). The number of amides is 2. The lowest BCUT2D eigenvalue weighted by Gasteiger charge is -2.33. The fourth-order valence-corrected chi connectivity index (χ4v) is 5.66. The minimum atomic E-state index is -0.902. The lowest BCUT2D eigenvalue weighted by Crippen LogP contribution is -2.46. The Balaban J connectivity index is 1.51. The number of halogens is 1. The van der Waals surface area contributed by atoms with Gasteiger partial charge in [-0.25, -0.2) is 4.39 Å². The molecule has 2 heterocycles. The number of H-pyrrole nitrogens is 1. The molecule has 2 aromatic heterocycles. The van der Waals surface area contributed by atoms with E-state index in [0.717, 1.165) is 41.8 Å². The van der Waals surface area contributed by atoms with Crippen LogP contribution in [0, 0.1) is 5.82 Å². The van der Waals surface area contributed by atoms with Crippen molar-refractivity contribution in [2.45, 2.75) is 50.7 Å². The van der Waals surface area contributed by atoms with E-state index in [2.05, 4.69) is 10.3 Å². The molecule has 1 aliphatic carbocycles. The van der Waals surface area contributed by atoms with Gasteiger partial charge in [-0.05, 0) is 59.7 Å². The first-order valence-corrected chi connectivity index (χ1v) is 13.6. The zero-order valence-electron chi connectivity index (χ0n) is 20.5. The summed E-state index contributed by atoms with van der Waals surface area (Å²) in [5, 5.41) is 5.15. The molecule has 5 rings (SSSR count). The average molecular weight is 516 g/mol. The Labute approximate surface area is 220 Å². The van der Waals surface area contributed by atoms with Crippen LogP contribution < -0.4 is 5.32 Å². The van der Waals surface area contributed by atoms with Gasteiger partial charge in [0, 0.05) is 16.6 Å². The second-order valence-electron chi connectivity index (χ2n) is 9.46. The van der Waals surface area contributed by atoms with Crippen LogP contribution in [0.4, 0.5) is 4.39 Å². The van der Waals surface area contributed by atoms with Gasteiger partial charge >= 0.3 is 0 Å². The van der Waals surface area contributed by atoms with Gasteiger partial charge < -0.3 is 15.2 Å². The van der Waals surface area contributed by atoms with E-state index >= 15 is 0 Å². The largest absolute Gasteiger partial charge is 0.351 e. The number of nitrogens with zero attached hydrogens (tertiary/aromatic N) is 1. The third-order valence-electron chi connectivity index (χ3n) is 6.87. The third-order valence-corrected chi connectivity index (χ3v) is 7.73. The molecule has 0 aliphatic heterocycles. The normalized spacial score (nSPS) is 14.7. The number of hydrogen-bond donors (Lipinski definition) is 2. The minimum Gasteiger partial charge on any atom is -0.351 e. The van der Waals surface area contributed by atoms with E-state index in [9.17, 15) is 14.0 Å². The van der Waals surface area contributed by atoms with E-state index in [1.807, 2.05) is 53.9 Å². The highest BCUT2D eigenvalue weighted by molar-refractivity contribution is 7.09. The molecule has 1 fully saturated rings. The van der Waals surface area contributed by atoms with Crippen LogP contribution in [-0.4, -0.2) is 27.7 Å². The van der Waals surface area contributed by atoms with Crippen LogP contribution in [-0.2, 0) is 11.3 Å².